The van der Waals surface area contributed by atoms with Crippen molar-refractivity contribution in [1.29, 1.82) is 15.8 Å². The van der Waals surface area contributed by atoms with Gasteiger partial charge in [-0.1, -0.05) is 49.4 Å². The zero-order valence-corrected chi connectivity index (χ0v) is 23.0. The number of rotatable bonds is 9. The van der Waals surface area contributed by atoms with Crippen LogP contribution in [0, 0.1) is 34.0 Å². The number of aromatic nitrogens is 1. The Kier molecular flexibility index (Phi) is 6.96. The maximum Gasteiger partial charge on any atom is 0.103 e. The third kappa shape index (κ3) is 5.28. The van der Waals surface area contributed by atoms with Gasteiger partial charge in [-0.2, -0.15) is 15.8 Å². The van der Waals surface area contributed by atoms with Gasteiger partial charge in [-0.3, -0.25) is 9.99 Å². The average molecular weight is 553 g/mol. The van der Waals surface area contributed by atoms with Crippen molar-refractivity contribution in [2.75, 3.05) is 10.6 Å². The van der Waals surface area contributed by atoms with Gasteiger partial charge in [0, 0.05) is 29.5 Å². The molecule has 0 unspecified atom stereocenters. The summed E-state index contributed by atoms with van der Waals surface area (Å²) in [4.78, 5) is 4.49. The minimum Gasteiger partial charge on any atom is -0.377 e. The summed E-state index contributed by atoms with van der Waals surface area (Å²) in [5.74, 6) is 0. The van der Waals surface area contributed by atoms with E-state index in [9.17, 15) is 17.2 Å². The van der Waals surface area contributed by atoms with Crippen molar-refractivity contribution in [1.82, 2.24) is 21.0 Å². The van der Waals surface area contributed by atoms with Crippen molar-refractivity contribution in [3.8, 4) is 18.2 Å². The van der Waals surface area contributed by atoms with E-state index in [0.29, 0.717) is 56.3 Å². The summed E-state index contributed by atoms with van der Waals surface area (Å²) in [6, 6.07) is 25.8. The normalized spacial score (nSPS) is 16.6. The molecule has 1 aliphatic heterocycles. The van der Waals surface area contributed by atoms with Crippen molar-refractivity contribution in [2.24, 2.45) is 0 Å². The SMILES string of the molecule is [2H][C@](Nc1cc(C#N)c2ncc(C#N)c(N[C@H](CC)c3ccccc3)c2c1)(C1=CN(C2CC2)NN1)c1cccc(C#N)c1. The summed E-state index contributed by atoms with van der Waals surface area (Å²) in [6.07, 6.45) is 6.24. The largest absolute Gasteiger partial charge is 0.377 e. The summed E-state index contributed by atoms with van der Waals surface area (Å²) in [6.45, 7) is 2.07. The zero-order chi connectivity index (χ0) is 30.0. The van der Waals surface area contributed by atoms with Crippen LogP contribution in [-0.2, 0) is 0 Å². The van der Waals surface area contributed by atoms with Crippen molar-refractivity contribution in [3.63, 3.8) is 0 Å². The van der Waals surface area contributed by atoms with E-state index in [1.807, 2.05) is 47.6 Å². The monoisotopic (exact) mass is 552 g/mol. The van der Waals surface area contributed by atoms with E-state index in [1.165, 1.54) is 6.20 Å². The molecular weight excluding hydrogens is 522 g/mol. The molecule has 2 heterocycles. The van der Waals surface area contributed by atoms with Gasteiger partial charge in [0.1, 0.15) is 12.1 Å². The lowest BCUT2D eigenvalue weighted by Crippen LogP contribution is -2.38. The second-order valence-electron chi connectivity index (χ2n) is 10.3. The lowest BCUT2D eigenvalue weighted by molar-refractivity contribution is 0.260. The molecule has 0 bridgehead atoms. The maximum absolute atomic E-state index is 10.2. The number of nitrogens with one attached hydrogen (secondary N) is 4. The Labute approximate surface area is 246 Å². The predicted molar refractivity (Wildman–Crippen MR) is 161 cm³/mol. The summed E-state index contributed by atoms with van der Waals surface area (Å²) in [7, 11) is 0. The topological polar surface area (TPSA) is 136 Å². The van der Waals surface area contributed by atoms with Crippen LogP contribution in [0.3, 0.4) is 0 Å². The second kappa shape index (κ2) is 11.5. The molecule has 4 N–H and O–H groups in total. The highest BCUT2D eigenvalue weighted by molar-refractivity contribution is 5.99. The van der Waals surface area contributed by atoms with Gasteiger partial charge in [0.25, 0.3) is 0 Å². The van der Waals surface area contributed by atoms with Crippen LogP contribution in [0.1, 0.15) is 67.4 Å². The standard InChI is InChI=1S/C33H29N9/c1-2-29(22-8-4-3-5-9-22)39-32-25(18-36)19-37-31-24(17-35)14-26(15-28(31)32)38-33(23-10-6-7-21(13-23)16-34)30-20-42(41-40-30)27-11-12-27/h3-10,13-15,19-20,27,29,33,38,40-41H,2,11-12H2,1H3,(H,37,39)/t29-,33-/m1/s1/i33D. The molecule has 0 spiro atoms. The number of nitriles is 3. The van der Waals surface area contributed by atoms with Crippen molar-refractivity contribution < 1.29 is 1.37 Å². The van der Waals surface area contributed by atoms with E-state index >= 15 is 0 Å². The van der Waals surface area contributed by atoms with E-state index in [4.69, 9.17) is 0 Å². The lowest BCUT2D eigenvalue weighted by Gasteiger charge is -2.24. The highest BCUT2D eigenvalue weighted by Gasteiger charge is 2.32. The number of benzene rings is 3. The molecule has 1 aromatic heterocycles. The van der Waals surface area contributed by atoms with Crippen molar-refractivity contribution in [3.05, 3.63) is 113 Å². The minimum atomic E-state index is -1.56. The Morgan fingerprint density at radius 3 is 2.48 bits per heavy atom. The van der Waals surface area contributed by atoms with E-state index in [0.717, 1.165) is 24.8 Å². The summed E-state index contributed by atoms with van der Waals surface area (Å²) in [5, 5.41) is 39.2. The quantitative estimate of drug-likeness (QED) is 0.200. The first-order chi connectivity index (χ1) is 21.0. The number of hydrogen-bond donors (Lipinski definition) is 4. The number of hydrogen-bond acceptors (Lipinski definition) is 9. The van der Waals surface area contributed by atoms with E-state index in [1.54, 1.807) is 30.3 Å². The second-order valence-corrected chi connectivity index (χ2v) is 10.3. The smallest absolute Gasteiger partial charge is 0.103 e. The summed E-state index contributed by atoms with van der Waals surface area (Å²) >= 11 is 0. The highest BCUT2D eigenvalue weighted by Crippen LogP contribution is 2.36. The molecule has 1 fully saturated rings. The fourth-order valence-corrected chi connectivity index (χ4v) is 5.17. The third-order valence-corrected chi connectivity index (χ3v) is 7.49. The van der Waals surface area contributed by atoms with Crippen molar-refractivity contribution in [2.45, 2.75) is 44.3 Å². The Morgan fingerprint density at radius 1 is 0.976 bits per heavy atom. The molecule has 2 aliphatic rings. The van der Waals surface area contributed by atoms with Crippen LogP contribution in [0.2, 0.25) is 0 Å². The molecule has 42 heavy (non-hydrogen) atoms. The summed E-state index contributed by atoms with van der Waals surface area (Å²) in [5.41, 5.74) is 11.0. The predicted octanol–water partition coefficient (Wildman–Crippen LogP) is 5.89. The van der Waals surface area contributed by atoms with Gasteiger partial charge in [-0.05, 0) is 54.7 Å². The van der Waals surface area contributed by atoms with Gasteiger partial charge >= 0.3 is 0 Å². The van der Waals surface area contributed by atoms with Crippen LogP contribution in [0.4, 0.5) is 11.4 Å². The van der Waals surface area contributed by atoms with Gasteiger partial charge in [-0.15, -0.1) is 5.53 Å². The van der Waals surface area contributed by atoms with Crippen LogP contribution in [0.15, 0.2) is 84.8 Å². The molecule has 2 atom stereocenters. The third-order valence-electron chi connectivity index (χ3n) is 7.49. The molecule has 206 valence electrons. The van der Waals surface area contributed by atoms with E-state index < -0.39 is 6.02 Å². The molecule has 0 radical (unpaired) electrons. The molecule has 4 aromatic rings. The maximum atomic E-state index is 10.2. The molecule has 0 saturated heterocycles. The fourth-order valence-electron chi connectivity index (χ4n) is 5.17. The first-order valence-electron chi connectivity index (χ1n) is 14.4. The first-order valence-corrected chi connectivity index (χ1v) is 13.9. The zero-order valence-electron chi connectivity index (χ0n) is 24.0. The van der Waals surface area contributed by atoms with Crippen molar-refractivity contribution >= 4 is 22.3 Å². The molecule has 0 amide bonds. The van der Waals surface area contributed by atoms with Gasteiger partial charge in [-0.25, -0.2) is 0 Å². The van der Waals surface area contributed by atoms with Gasteiger partial charge < -0.3 is 16.1 Å². The van der Waals surface area contributed by atoms with Crippen LogP contribution in [0.5, 0.6) is 0 Å². The number of nitrogens with zero attached hydrogens (tertiary/aromatic N) is 5. The van der Waals surface area contributed by atoms with Crippen LogP contribution < -0.4 is 21.6 Å². The number of anilines is 2. The molecule has 9 heteroatoms. The van der Waals surface area contributed by atoms with Gasteiger partial charge in [0.15, 0.2) is 0 Å². The van der Waals surface area contributed by atoms with Gasteiger partial charge in [0.2, 0.25) is 0 Å². The van der Waals surface area contributed by atoms with Crippen LogP contribution in [0.25, 0.3) is 10.9 Å². The number of hydrazine groups is 2. The lowest BCUT2D eigenvalue weighted by atomic mass is 9.99. The van der Waals surface area contributed by atoms with E-state index in [-0.39, 0.29) is 6.04 Å². The fraction of sp³-hybridized carbons (Fsp3) is 0.212. The molecule has 1 saturated carbocycles. The summed E-state index contributed by atoms with van der Waals surface area (Å²) < 4.78 is 9.76. The van der Waals surface area contributed by atoms with Crippen LogP contribution in [-0.4, -0.2) is 16.0 Å². The molecule has 1 aliphatic carbocycles. The van der Waals surface area contributed by atoms with E-state index in [2.05, 4.69) is 51.7 Å². The highest BCUT2D eigenvalue weighted by atomic mass is 15.7. The molecule has 6 rings (SSSR count). The molecule has 9 nitrogen and oxygen atoms in total. The first kappa shape index (κ1) is 25.4. The Balaban J connectivity index is 1.48. The number of pyridine rings is 1. The number of fused-ring (bicyclic) bond motifs is 1. The molecule has 3 aromatic carbocycles. The minimum absolute atomic E-state index is 0.0858. The average Bonchev–Trinajstić information content (AvgIpc) is 3.78. The Bertz CT molecular complexity index is 1850. The van der Waals surface area contributed by atoms with Crippen LogP contribution >= 0.6 is 0 Å². The van der Waals surface area contributed by atoms with Gasteiger partial charge in [0.05, 0.1) is 53.1 Å². The Morgan fingerprint density at radius 2 is 1.76 bits per heavy atom. The molecular formula is C33H29N9. The Hall–Kier alpha value is -5.56.